The summed E-state index contributed by atoms with van der Waals surface area (Å²) in [5.74, 6) is -1.28. The Morgan fingerprint density at radius 3 is 2.47 bits per heavy atom. The molecule has 0 radical (unpaired) electrons. The quantitative estimate of drug-likeness (QED) is 0.601. The van der Waals surface area contributed by atoms with Crippen LogP contribution in [-0.4, -0.2) is 75.8 Å². The van der Waals surface area contributed by atoms with Crippen molar-refractivity contribution >= 4 is 27.8 Å². The fraction of sp³-hybridized carbons (Fsp3) is 0.550. The van der Waals surface area contributed by atoms with Crippen molar-refractivity contribution in [2.24, 2.45) is 5.92 Å². The van der Waals surface area contributed by atoms with E-state index in [1.807, 2.05) is 0 Å². The highest BCUT2D eigenvalue weighted by Gasteiger charge is 2.30. The van der Waals surface area contributed by atoms with E-state index in [0.717, 1.165) is 0 Å². The number of piperidine rings is 1. The zero-order valence-electron chi connectivity index (χ0n) is 17.6. The SMILES string of the molecule is CCNS(=O)(=O)c1ccc(C(=O)N(C)CC(=O)N2CCCC(C(=O)OCC)C2)cc1. The number of hydrogen-bond donors (Lipinski definition) is 1. The van der Waals surface area contributed by atoms with Gasteiger partial charge in [-0.05, 0) is 44.0 Å². The second kappa shape index (κ2) is 10.5. The van der Waals surface area contributed by atoms with Crippen LogP contribution in [0.5, 0.6) is 0 Å². The molecule has 0 bridgehead atoms. The molecule has 1 aliphatic rings. The van der Waals surface area contributed by atoms with Crippen LogP contribution in [0.25, 0.3) is 0 Å². The molecule has 1 fully saturated rings. The molecule has 1 atom stereocenters. The number of sulfonamides is 1. The Balaban J connectivity index is 1.98. The van der Waals surface area contributed by atoms with E-state index in [4.69, 9.17) is 4.74 Å². The number of amides is 2. The third kappa shape index (κ3) is 6.02. The molecule has 1 aromatic rings. The molecule has 9 nitrogen and oxygen atoms in total. The number of rotatable bonds is 8. The molecule has 2 rings (SSSR count). The largest absolute Gasteiger partial charge is 0.466 e. The van der Waals surface area contributed by atoms with Crippen molar-refractivity contribution < 1.29 is 27.5 Å². The molecule has 1 unspecified atom stereocenters. The summed E-state index contributed by atoms with van der Waals surface area (Å²) in [4.78, 5) is 40.1. The number of likely N-dealkylation sites (tertiary alicyclic amines) is 1. The first-order valence-corrected chi connectivity index (χ1v) is 11.5. The summed E-state index contributed by atoms with van der Waals surface area (Å²) in [5, 5.41) is 0. The van der Waals surface area contributed by atoms with Crippen LogP contribution in [0.3, 0.4) is 0 Å². The number of carbonyl (C=O) groups excluding carboxylic acids is 3. The van der Waals surface area contributed by atoms with E-state index >= 15 is 0 Å². The second-order valence-corrected chi connectivity index (χ2v) is 8.88. The van der Waals surface area contributed by atoms with Crippen LogP contribution in [0, 0.1) is 5.92 Å². The maximum absolute atomic E-state index is 12.6. The van der Waals surface area contributed by atoms with Gasteiger partial charge in [-0.1, -0.05) is 6.92 Å². The first-order valence-electron chi connectivity index (χ1n) is 9.99. The molecular weight excluding hydrogens is 410 g/mol. The second-order valence-electron chi connectivity index (χ2n) is 7.12. The minimum Gasteiger partial charge on any atom is -0.466 e. The molecule has 1 heterocycles. The number of carbonyl (C=O) groups is 3. The van der Waals surface area contributed by atoms with E-state index in [9.17, 15) is 22.8 Å². The lowest BCUT2D eigenvalue weighted by molar-refractivity contribution is -0.151. The van der Waals surface area contributed by atoms with Crippen molar-refractivity contribution in [1.82, 2.24) is 14.5 Å². The molecule has 0 aromatic heterocycles. The molecule has 1 N–H and O–H groups in total. The van der Waals surface area contributed by atoms with E-state index in [0.29, 0.717) is 26.0 Å². The lowest BCUT2D eigenvalue weighted by Crippen LogP contribution is -2.47. The molecule has 1 saturated heterocycles. The summed E-state index contributed by atoms with van der Waals surface area (Å²) in [6, 6.07) is 5.56. The predicted octanol–water partition coefficient (Wildman–Crippen LogP) is 0.859. The van der Waals surface area contributed by atoms with Gasteiger partial charge in [0, 0.05) is 32.2 Å². The molecule has 1 aromatic carbocycles. The Hall–Kier alpha value is -2.46. The summed E-state index contributed by atoms with van der Waals surface area (Å²) < 4.78 is 31.4. The van der Waals surface area contributed by atoms with E-state index in [1.54, 1.807) is 18.7 Å². The highest BCUT2D eigenvalue weighted by atomic mass is 32.2. The zero-order valence-corrected chi connectivity index (χ0v) is 18.4. The van der Waals surface area contributed by atoms with Crippen LogP contribution in [0.1, 0.15) is 37.0 Å². The third-order valence-corrected chi connectivity index (χ3v) is 6.42. The third-order valence-electron chi connectivity index (χ3n) is 4.86. The molecule has 0 aliphatic carbocycles. The number of nitrogens with one attached hydrogen (secondary N) is 1. The van der Waals surface area contributed by atoms with E-state index in [2.05, 4.69) is 4.72 Å². The monoisotopic (exact) mass is 439 g/mol. The van der Waals surface area contributed by atoms with Gasteiger partial charge in [0.25, 0.3) is 5.91 Å². The highest BCUT2D eigenvalue weighted by molar-refractivity contribution is 7.89. The molecule has 2 amide bonds. The van der Waals surface area contributed by atoms with Crippen LogP contribution < -0.4 is 4.72 Å². The number of ether oxygens (including phenoxy) is 1. The molecule has 166 valence electrons. The number of hydrogen-bond acceptors (Lipinski definition) is 6. The molecule has 10 heteroatoms. The van der Waals surface area contributed by atoms with Gasteiger partial charge in [-0.3, -0.25) is 14.4 Å². The average molecular weight is 440 g/mol. The topological polar surface area (TPSA) is 113 Å². The van der Waals surface area contributed by atoms with Crippen molar-refractivity contribution in [2.75, 3.05) is 39.8 Å². The van der Waals surface area contributed by atoms with Crippen LogP contribution in [0.15, 0.2) is 29.2 Å². The summed E-state index contributed by atoms with van der Waals surface area (Å²) in [7, 11) is -2.09. The summed E-state index contributed by atoms with van der Waals surface area (Å²) >= 11 is 0. The number of esters is 1. The van der Waals surface area contributed by atoms with Gasteiger partial charge in [-0.2, -0.15) is 0 Å². The van der Waals surface area contributed by atoms with Crippen molar-refractivity contribution in [3.63, 3.8) is 0 Å². The number of nitrogens with zero attached hydrogens (tertiary/aromatic N) is 2. The normalized spacial score (nSPS) is 16.8. The van der Waals surface area contributed by atoms with Crippen LogP contribution in [0.2, 0.25) is 0 Å². The van der Waals surface area contributed by atoms with Crippen molar-refractivity contribution in [3.05, 3.63) is 29.8 Å². The molecule has 0 spiro atoms. The zero-order chi connectivity index (χ0) is 22.3. The van der Waals surface area contributed by atoms with Crippen molar-refractivity contribution in [2.45, 2.75) is 31.6 Å². The minimum absolute atomic E-state index is 0.0675. The van der Waals surface area contributed by atoms with Gasteiger partial charge in [0.05, 0.1) is 24.0 Å². The Morgan fingerprint density at radius 2 is 1.87 bits per heavy atom. The first kappa shape index (κ1) is 23.8. The summed E-state index contributed by atoms with van der Waals surface area (Å²) in [6.07, 6.45) is 1.38. The first-order chi connectivity index (χ1) is 14.2. The summed E-state index contributed by atoms with van der Waals surface area (Å²) in [5.41, 5.74) is 0.281. The van der Waals surface area contributed by atoms with Gasteiger partial charge in [0.1, 0.15) is 0 Å². The smallest absolute Gasteiger partial charge is 0.310 e. The highest BCUT2D eigenvalue weighted by Crippen LogP contribution is 2.18. The molecular formula is C20H29N3O6S. The van der Waals surface area contributed by atoms with Gasteiger partial charge in [-0.15, -0.1) is 0 Å². The predicted molar refractivity (Wildman–Crippen MR) is 110 cm³/mol. The van der Waals surface area contributed by atoms with E-state index in [1.165, 1.54) is 36.2 Å². The minimum atomic E-state index is -3.60. The van der Waals surface area contributed by atoms with Gasteiger partial charge >= 0.3 is 5.97 Å². The molecule has 30 heavy (non-hydrogen) atoms. The fourth-order valence-corrected chi connectivity index (χ4v) is 4.34. The molecule has 1 aliphatic heterocycles. The lowest BCUT2D eigenvalue weighted by atomic mass is 9.98. The van der Waals surface area contributed by atoms with E-state index in [-0.39, 0.29) is 47.9 Å². The lowest BCUT2D eigenvalue weighted by Gasteiger charge is -2.32. The van der Waals surface area contributed by atoms with Gasteiger partial charge < -0.3 is 14.5 Å². The van der Waals surface area contributed by atoms with Gasteiger partial charge in [-0.25, -0.2) is 13.1 Å². The average Bonchev–Trinajstić information content (AvgIpc) is 2.73. The number of benzene rings is 1. The fourth-order valence-electron chi connectivity index (χ4n) is 3.30. The van der Waals surface area contributed by atoms with Gasteiger partial charge in [0.2, 0.25) is 15.9 Å². The Labute approximate surface area is 177 Å². The standard InChI is InChI=1S/C20H29N3O6S/c1-4-21-30(27,28)17-10-8-15(9-11-17)19(25)22(3)14-18(24)23-12-6-7-16(13-23)20(26)29-5-2/h8-11,16,21H,4-7,12-14H2,1-3H3. The Kier molecular flexibility index (Phi) is 8.36. The Morgan fingerprint density at radius 1 is 1.20 bits per heavy atom. The van der Waals surface area contributed by atoms with E-state index < -0.39 is 15.9 Å². The van der Waals surface area contributed by atoms with Gasteiger partial charge in [0.15, 0.2) is 0 Å². The maximum atomic E-state index is 12.6. The van der Waals surface area contributed by atoms with Crippen LogP contribution in [-0.2, 0) is 24.3 Å². The summed E-state index contributed by atoms with van der Waals surface area (Å²) in [6.45, 7) is 4.68. The van der Waals surface area contributed by atoms with Crippen LogP contribution >= 0.6 is 0 Å². The Bertz CT molecular complexity index is 869. The van der Waals surface area contributed by atoms with Crippen molar-refractivity contribution in [1.29, 1.82) is 0 Å². The number of likely N-dealkylation sites (N-methyl/N-ethyl adjacent to an activating group) is 1. The van der Waals surface area contributed by atoms with Crippen LogP contribution in [0.4, 0.5) is 0 Å². The van der Waals surface area contributed by atoms with Crippen molar-refractivity contribution in [3.8, 4) is 0 Å². The maximum Gasteiger partial charge on any atom is 0.310 e. The molecule has 0 saturated carbocycles.